The van der Waals surface area contributed by atoms with Crippen LogP contribution in [0.1, 0.15) is 29.8 Å². The fourth-order valence-electron chi connectivity index (χ4n) is 2.32. The molecular weight excluding hydrogens is 422 g/mol. The van der Waals surface area contributed by atoms with E-state index in [4.69, 9.17) is 4.74 Å². The smallest absolute Gasteiger partial charge is 0.338 e. The minimum absolute atomic E-state index is 0.0378. The number of amides is 3. The number of anilines is 1. The maximum Gasteiger partial charge on any atom is 0.338 e. The second-order valence-corrected chi connectivity index (χ2v) is 8.91. The van der Waals surface area contributed by atoms with Gasteiger partial charge in [-0.25, -0.2) is 18.0 Å². The first-order valence-electron chi connectivity index (χ1n) is 9.51. The zero-order valence-corrected chi connectivity index (χ0v) is 18.3. The van der Waals surface area contributed by atoms with E-state index in [1.54, 1.807) is 24.3 Å². The van der Waals surface area contributed by atoms with Gasteiger partial charge in [0.15, 0.2) is 6.61 Å². The molecule has 0 aliphatic rings. The number of sulfonamides is 1. The summed E-state index contributed by atoms with van der Waals surface area (Å²) < 4.78 is 32.2. The fourth-order valence-corrected chi connectivity index (χ4v) is 3.38. The van der Waals surface area contributed by atoms with Gasteiger partial charge in [0.25, 0.3) is 15.9 Å². The highest BCUT2D eigenvalue weighted by Crippen LogP contribution is 2.17. The van der Waals surface area contributed by atoms with E-state index in [0.29, 0.717) is 12.2 Å². The molecule has 0 aromatic heterocycles. The molecule has 0 fully saturated rings. The van der Waals surface area contributed by atoms with Crippen molar-refractivity contribution in [3.05, 3.63) is 59.7 Å². The van der Waals surface area contributed by atoms with Crippen molar-refractivity contribution in [2.45, 2.75) is 25.7 Å². The van der Waals surface area contributed by atoms with Crippen LogP contribution in [0.3, 0.4) is 0 Å². The second-order valence-electron chi connectivity index (χ2n) is 7.22. The number of esters is 1. The van der Waals surface area contributed by atoms with Crippen molar-refractivity contribution in [2.75, 3.05) is 17.9 Å². The van der Waals surface area contributed by atoms with Crippen molar-refractivity contribution in [1.29, 1.82) is 0 Å². The van der Waals surface area contributed by atoms with Crippen molar-refractivity contribution >= 4 is 33.6 Å². The molecule has 0 spiro atoms. The SMILES string of the molecule is Cc1ccc(NS(=O)(=O)c2ccc(C(=O)OCC(=O)NC(=O)NCC(C)C)cc2)cc1. The van der Waals surface area contributed by atoms with Gasteiger partial charge in [0, 0.05) is 12.2 Å². The van der Waals surface area contributed by atoms with E-state index in [-0.39, 0.29) is 16.4 Å². The monoisotopic (exact) mass is 447 g/mol. The van der Waals surface area contributed by atoms with Crippen LogP contribution in [-0.4, -0.2) is 39.5 Å². The minimum atomic E-state index is -3.83. The number of benzene rings is 2. The topological polar surface area (TPSA) is 131 Å². The van der Waals surface area contributed by atoms with E-state index >= 15 is 0 Å². The number of hydrogen-bond acceptors (Lipinski definition) is 6. The molecule has 2 aromatic carbocycles. The summed E-state index contributed by atoms with van der Waals surface area (Å²) in [6, 6.07) is 11.2. The summed E-state index contributed by atoms with van der Waals surface area (Å²) in [4.78, 5) is 35.2. The number of carbonyl (C=O) groups is 3. The Morgan fingerprint density at radius 1 is 0.968 bits per heavy atom. The highest BCUT2D eigenvalue weighted by Gasteiger charge is 2.17. The van der Waals surface area contributed by atoms with Gasteiger partial charge in [-0.3, -0.25) is 14.8 Å². The van der Waals surface area contributed by atoms with E-state index in [1.165, 1.54) is 24.3 Å². The standard InChI is InChI=1S/C21H25N3O6S/c1-14(2)12-22-21(27)23-19(25)13-30-20(26)16-6-10-18(11-7-16)31(28,29)24-17-8-4-15(3)5-9-17/h4-11,14,24H,12-13H2,1-3H3,(H2,22,23,25,27). The van der Waals surface area contributed by atoms with Gasteiger partial charge in [-0.15, -0.1) is 0 Å². The maximum absolute atomic E-state index is 12.5. The van der Waals surface area contributed by atoms with Crippen LogP contribution in [0.5, 0.6) is 0 Å². The van der Waals surface area contributed by atoms with Gasteiger partial charge >= 0.3 is 12.0 Å². The fraction of sp³-hybridized carbons (Fsp3) is 0.286. The molecule has 0 radical (unpaired) electrons. The first-order valence-corrected chi connectivity index (χ1v) is 11.0. The van der Waals surface area contributed by atoms with Crippen LogP contribution < -0.4 is 15.4 Å². The average Bonchev–Trinajstić information content (AvgIpc) is 2.72. The van der Waals surface area contributed by atoms with E-state index in [1.807, 2.05) is 26.1 Å². The predicted molar refractivity (Wildman–Crippen MR) is 115 cm³/mol. The number of urea groups is 1. The average molecular weight is 448 g/mol. The quantitative estimate of drug-likeness (QED) is 0.533. The van der Waals surface area contributed by atoms with Crippen molar-refractivity contribution in [3.63, 3.8) is 0 Å². The van der Waals surface area contributed by atoms with E-state index in [0.717, 1.165) is 5.56 Å². The van der Waals surface area contributed by atoms with Crippen LogP contribution in [0.4, 0.5) is 10.5 Å². The third-order valence-corrected chi connectivity index (χ3v) is 5.36. The maximum atomic E-state index is 12.5. The van der Waals surface area contributed by atoms with Crippen molar-refractivity contribution in [2.24, 2.45) is 5.92 Å². The molecular formula is C21H25N3O6S. The number of carbonyl (C=O) groups excluding carboxylic acids is 3. The summed E-state index contributed by atoms with van der Waals surface area (Å²) in [6.45, 7) is 5.44. The van der Waals surface area contributed by atoms with Crippen molar-refractivity contribution in [1.82, 2.24) is 10.6 Å². The molecule has 2 aromatic rings. The third-order valence-electron chi connectivity index (χ3n) is 3.96. The van der Waals surface area contributed by atoms with Crippen LogP contribution in [-0.2, 0) is 19.6 Å². The Morgan fingerprint density at radius 2 is 1.58 bits per heavy atom. The Balaban J connectivity index is 1.90. The summed E-state index contributed by atoms with van der Waals surface area (Å²) in [7, 11) is -3.83. The Labute approximate surface area is 181 Å². The van der Waals surface area contributed by atoms with Crippen molar-refractivity contribution < 1.29 is 27.5 Å². The molecule has 0 unspecified atom stereocenters. The van der Waals surface area contributed by atoms with Gasteiger partial charge in [-0.2, -0.15) is 0 Å². The lowest BCUT2D eigenvalue weighted by Crippen LogP contribution is -2.42. The number of hydrogen-bond donors (Lipinski definition) is 3. The molecule has 0 atom stereocenters. The lowest BCUT2D eigenvalue weighted by Gasteiger charge is -2.10. The Morgan fingerprint density at radius 3 is 2.16 bits per heavy atom. The summed E-state index contributed by atoms with van der Waals surface area (Å²) >= 11 is 0. The van der Waals surface area contributed by atoms with Gasteiger partial charge in [-0.1, -0.05) is 31.5 Å². The van der Waals surface area contributed by atoms with Gasteiger partial charge < -0.3 is 10.1 Å². The summed E-state index contributed by atoms with van der Waals surface area (Å²) in [5.41, 5.74) is 1.47. The van der Waals surface area contributed by atoms with Crippen LogP contribution in [0, 0.1) is 12.8 Å². The largest absolute Gasteiger partial charge is 0.452 e. The van der Waals surface area contributed by atoms with Crippen LogP contribution in [0.15, 0.2) is 53.4 Å². The zero-order valence-electron chi connectivity index (χ0n) is 17.5. The zero-order chi connectivity index (χ0) is 23.0. The third kappa shape index (κ3) is 7.74. The molecule has 0 bridgehead atoms. The molecule has 0 saturated heterocycles. The predicted octanol–water partition coefficient (Wildman–Crippen LogP) is 2.43. The van der Waals surface area contributed by atoms with Gasteiger partial charge in [0.2, 0.25) is 0 Å². The van der Waals surface area contributed by atoms with Gasteiger partial charge in [-0.05, 0) is 49.2 Å². The molecule has 0 saturated carbocycles. The lowest BCUT2D eigenvalue weighted by molar-refractivity contribution is -0.123. The molecule has 3 N–H and O–H groups in total. The Kier molecular flexibility index (Phi) is 8.14. The number of aryl methyl sites for hydroxylation is 1. The molecule has 0 aliphatic heterocycles. The molecule has 0 aliphatic carbocycles. The van der Waals surface area contributed by atoms with Crippen molar-refractivity contribution in [3.8, 4) is 0 Å². The molecule has 0 heterocycles. The summed E-state index contributed by atoms with van der Waals surface area (Å²) in [5.74, 6) is -1.39. The summed E-state index contributed by atoms with van der Waals surface area (Å²) in [5, 5.41) is 4.54. The number of imide groups is 1. The number of nitrogens with one attached hydrogen (secondary N) is 3. The van der Waals surface area contributed by atoms with E-state index < -0.39 is 34.5 Å². The number of rotatable bonds is 8. The number of ether oxygens (including phenoxy) is 1. The van der Waals surface area contributed by atoms with E-state index in [2.05, 4.69) is 10.0 Å². The molecule has 3 amide bonds. The van der Waals surface area contributed by atoms with Gasteiger partial charge in [0.05, 0.1) is 10.5 Å². The van der Waals surface area contributed by atoms with E-state index in [9.17, 15) is 22.8 Å². The van der Waals surface area contributed by atoms with Crippen LogP contribution in [0.2, 0.25) is 0 Å². The molecule has 31 heavy (non-hydrogen) atoms. The molecule has 9 nitrogen and oxygen atoms in total. The van der Waals surface area contributed by atoms with Crippen LogP contribution >= 0.6 is 0 Å². The molecule has 2 rings (SSSR count). The lowest BCUT2D eigenvalue weighted by atomic mass is 10.2. The van der Waals surface area contributed by atoms with Crippen LogP contribution in [0.25, 0.3) is 0 Å². The highest BCUT2D eigenvalue weighted by atomic mass is 32.2. The Hall–Kier alpha value is -3.40. The van der Waals surface area contributed by atoms with Gasteiger partial charge in [0.1, 0.15) is 0 Å². The minimum Gasteiger partial charge on any atom is -0.452 e. The molecule has 166 valence electrons. The summed E-state index contributed by atoms with van der Waals surface area (Å²) in [6.07, 6.45) is 0. The molecule has 10 heteroatoms. The normalized spacial score (nSPS) is 11.0. The first-order chi connectivity index (χ1) is 14.6. The first kappa shape index (κ1) is 23.9. The highest BCUT2D eigenvalue weighted by molar-refractivity contribution is 7.92. The second kappa shape index (κ2) is 10.6. The Bertz CT molecular complexity index is 1030.